The van der Waals surface area contributed by atoms with Crippen LogP contribution in [0.3, 0.4) is 0 Å². The van der Waals surface area contributed by atoms with E-state index in [9.17, 15) is 9.59 Å². The number of benzene rings is 1. The number of carbonyl (C=O) groups is 2. The highest BCUT2D eigenvalue weighted by Gasteiger charge is 2.40. The van der Waals surface area contributed by atoms with Crippen LogP contribution in [0.15, 0.2) is 24.4 Å². The van der Waals surface area contributed by atoms with Crippen molar-refractivity contribution in [2.45, 2.75) is 57.0 Å². The van der Waals surface area contributed by atoms with Crippen LogP contribution in [0.4, 0.5) is 0 Å². The van der Waals surface area contributed by atoms with Crippen LogP contribution < -0.4 is 5.32 Å². The van der Waals surface area contributed by atoms with E-state index in [0.717, 1.165) is 24.1 Å². The van der Waals surface area contributed by atoms with Crippen LogP contribution in [-0.2, 0) is 11.3 Å². The Balaban J connectivity index is 1.68. The number of hydrogen-bond acceptors (Lipinski definition) is 2. The van der Waals surface area contributed by atoms with Crippen molar-refractivity contribution in [3.8, 4) is 0 Å². The predicted molar refractivity (Wildman–Crippen MR) is 92.8 cm³/mol. The van der Waals surface area contributed by atoms with E-state index in [-0.39, 0.29) is 11.8 Å². The molecule has 4 nitrogen and oxygen atoms in total. The number of hydrogen-bond donors (Lipinski definition) is 1. The molecule has 0 bridgehead atoms. The normalized spacial score (nSPS) is 24.5. The zero-order valence-corrected chi connectivity index (χ0v) is 14.4. The lowest BCUT2D eigenvalue weighted by atomic mass is 9.91. The summed E-state index contributed by atoms with van der Waals surface area (Å²) < 4.78 is 0. The highest BCUT2D eigenvalue weighted by atomic mass is 35.5. The van der Waals surface area contributed by atoms with Gasteiger partial charge in [-0.3, -0.25) is 9.59 Å². The second-order valence-corrected chi connectivity index (χ2v) is 7.52. The van der Waals surface area contributed by atoms with Gasteiger partial charge in [-0.05, 0) is 54.9 Å². The maximum atomic E-state index is 12.9. The molecule has 1 saturated heterocycles. The van der Waals surface area contributed by atoms with Crippen LogP contribution in [0.25, 0.3) is 0 Å². The smallest absolute Gasteiger partial charge is 0.255 e. The molecule has 126 valence electrons. The molecule has 0 radical (unpaired) electrons. The third kappa shape index (κ3) is 2.53. The van der Waals surface area contributed by atoms with Gasteiger partial charge in [-0.1, -0.05) is 31.0 Å². The van der Waals surface area contributed by atoms with E-state index in [1.165, 1.54) is 18.4 Å². The number of piperidine rings is 1. The summed E-state index contributed by atoms with van der Waals surface area (Å²) in [5.41, 5.74) is 3.71. The van der Waals surface area contributed by atoms with E-state index in [1.807, 2.05) is 6.07 Å². The van der Waals surface area contributed by atoms with Crippen molar-refractivity contribution < 1.29 is 9.59 Å². The molecule has 1 aliphatic carbocycles. The number of carbonyl (C=O) groups excluding carboxylic acids is 2. The first-order valence-electron chi connectivity index (χ1n) is 8.66. The molecule has 4 rings (SSSR count). The van der Waals surface area contributed by atoms with E-state index in [1.54, 1.807) is 11.0 Å². The van der Waals surface area contributed by atoms with Crippen molar-refractivity contribution >= 4 is 23.4 Å². The second-order valence-electron chi connectivity index (χ2n) is 7.08. The Morgan fingerprint density at radius 1 is 1.17 bits per heavy atom. The van der Waals surface area contributed by atoms with Crippen LogP contribution in [0.1, 0.15) is 65.9 Å². The summed E-state index contributed by atoms with van der Waals surface area (Å²) in [6.45, 7) is 4.32. The molecular weight excluding hydrogens is 324 g/mol. The van der Waals surface area contributed by atoms with Gasteiger partial charge in [-0.2, -0.15) is 0 Å². The lowest BCUT2D eigenvalue weighted by Gasteiger charge is -2.31. The van der Waals surface area contributed by atoms with Crippen molar-refractivity contribution in [1.29, 1.82) is 0 Å². The number of nitrogens with one attached hydrogen (secondary N) is 1. The van der Waals surface area contributed by atoms with E-state index < -0.39 is 6.04 Å². The van der Waals surface area contributed by atoms with E-state index in [2.05, 4.69) is 11.9 Å². The maximum Gasteiger partial charge on any atom is 0.255 e. The Kier molecular flexibility index (Phi) is 3.87. The number of nitrogens with zero attached hydrogens (tertiary/aromatic N) is 1. The minimum Gasteiger partial charge on any atom is -0.329 e. The third-order valence-corrected chi connectivity index (χ3v) is 5.78. The summed E-state index contributed by atoms with van der Waals surface area (Å²) in [5.74, 6) is 0.297. The summed E-state index contributed by atoms with van der Waals surface area (Å²) >= 11 is 6.29. The Labute approximate surface area is 146 Å². The summed E-state index contributed by atoms with van der Waals surface area (Å²) in [5, 5.41) is 3.40. The zero-order chi connectivity index (χ0) is 16.8. The molecule has 1 saturated carbocycles. The summed E-state index contributed by atoms with van der Waals surface area (Å²) in [6, 6.07) is 3.37. The number of fused-ring (bicyclic) bond motifs is 1. The van der Waals surface area contributed by atoms with E-state index >= 15 is 0 Å². The summed E-state index contributed by atoms with van der Waals surface area (Å²) in [6.07, 6.45) is 6.13. The lowest BCUT2D eigenvalue weighted by Crippen LogP contribution is -2.49. The second kappa shape index (κ2) is 5.92. The van der Waals surface area contributed by atoms with Crippen molar-refractivity contribution in [3.05, 3.63) is 46.1 Å². The maximum absolute atomic E-state index is 12.9. The molecule has 0 spiro atoms. The first-order valence-corrected chi connectivity index (χ1v) is 9.04. The molecule has 5 heteroatoms. The van der Waals surface area contributed by atoms with E-state index in [0.29, 0.717) is 35.9 Å². The van der Waals surface area contributed by atoms with Crippen LogP contribution >= 0.6 is 11.6 Å². The highest BCUT2D eigenvalue weighted by Crippen LogP contribution is 2.41. The van der Waals surface area contributed by atoms with Gasteiger partial charge in [0.15, 0.2) is 0 Å². The fourth-order valence-electron chi connectivity index (χ4n) is 4.33. The first kappa shape index (κ1) is 15.7. The molecule has 24 heavy (non-hydrogen) atoms. The minimum atomic E-state index is -0.411. The molecule has 1 aromatic carbocycles. The molecular formula is C19H21ClN2O2. The van der Waals surface area contributed by atoms with Crippen molar-refractivity contribution in [2.75, 3.05) is 0 Å². The van der Waals surface area contributed by atoms with Crippen molar-refractivity contribution in [1.82, 2.24) is 10.2 Å². The average Bonchev–Trinajstić information content (AvgIpc) is 3.17. The fraction of sp³-hybridized carbons (Fsp3) is 0.474. The molecule has 2 amide bonds. The zero-order valence-electron chi connectivity index (χ0n) is 13.6. The molecule has 2 heterocycles. The van der Waals surface area contributed by atoms with Gasteiger partial charge in [0.1, 0.15) is 6.04 Å². The topological polar surface area (TPSA) is 49.4 Å². The number of amides is 2. The Morgan fingerprint density at radius 3 is 2.62 bits per heavy atom. The quantitative estimate of drug-likeness (QED) is 0.888. The molecule has 0 aromatic heterocycles. The third-order valence-electron chi connectivity index (χ3n) is 5.56. The van der Waals surface area contributed by atoms with Gasteiger partial charge in [-0.25, -0.2) is 0 Å². The van der Waals surface area contributed by atoms with Gasteiger partial charge in [-0.15, -0.1) is 0 Å². The predicted octanol–water partition coefficient (Wildman–Crippen LogP) is 3.75. The molecule has 2 aliphatic heterocycles. The van der Waals surface area contributed by atoms with Gasteiger partial charge in [0.2, 0.25) is 5.91 Å². The molecule has 1 aromatic rings. The first-order chi connectivity index (χ1) is 11.5. The Hall–Kier alpha value is -1.81. The minimum absolute atomic E-state index is 0.0700. The van der Waals surface area contributed by atoms with Crippen molar-refractivity contribution in [2.24, 2.45) is 0 Å². The van der Waals surface area contributed by atoms with Gasteiger partial charge >= 0.3 is 0 Å². The SMILES string of the molecule is C=C1CCC(N2Cc3c(cc(Cl)cc3C3CCCC3)C2=O)C(=O)N1. The lowest BCUT2D eigenvalue weighted by molar-refractivity contribution is -0.126. The van der Waals surface area contributed by atoms with Gasteiger partial charge in [0, 0.05) is 22.8 Å². The number of allylic oxidation sites excluding steroid dienone is 1. The number of rotatable bonds is 2. The monoisotopic (exact) mass is 344 g/mol. The molecule has 3 aliphatic rings. The summed E-state index contributed by atoms with van der Waals surface area (Å²) in [7, 11) is 0. The van der Waals surface area contributed by atoms with Crippen LogP contribution in [0.5, 0.6) is 0 Å². The van der Waals surface area contributed by atoms with Crippen LogP contribution in [0, 0.1) is 0 Å². The van der Waals surface area contributed by atoms with Gasteiger partial charge in [0.05, 0.1) is 0 Å². The van der Waals surface area contributed by atoms with Gasteiger partial charge in [0.25, 0.3) is 5.91 Å². The Bertz CT molecular complexity index is 737. The molecule has 1 atom stereocenters. The van der Waals surface area contributed by atoms with Crippen LogP contribution in [0.2, 0.25) is 5.02 Å². The van der Waals surface area contributed by atoms with Crippen LogP contribution in [-0.4, -0.2) is 22.8 Å². The average molecular weight is 345 g/mol. The largest absolute Gasteiger partial charge is 0.329 e. The van der Waals surface area contributed by atoms with E-state index in [4.69, 9.17) is 11.6 Å². The van der Waals surface area contributed by atoms with Gasteiger partial charge < -0.3 is 10.2 Å². The fourth-order valence-corrected chi connectivity index (χ4v) is 4.56. The molecule has 1 N–H and O–H groups in total. The Morgan fingerprint density at radius 2 is 1.92 bits per heavy atom. The summed E-state index contributed by atoms with van der Waals surface area (Å²) in [4.78, 5) is 26.9. The molecule has 2 fully saturated rings. The highest BCUT2D eigenvalue weighted by molar-refractivity contribution is 6.31. The number of halogens is 1. The standard InChI is InChI=1S/C19H21ClN2O2/c1-11-6-7-17(18(23)21-11)22-10-16-14(12-4-2-3-5-12)8-13(20)9-15(16)19(22)24/h8-9,12,17H,1-7,10H2,(H,21,23). The van der Waals surface area contributed by atoms with Crippen molar-refractivity contribution in [3.63, 3.8) is 0 Å². The molecule has 1 unspecified atom stereocenters.